The molecule has 1 aromatic carbocycles. The Bertz CT molecular complexity index is 1170. The second-order valence-electron chi connectivity index (χ2n) is 8.58. The summed E-state index contributed by atoms with van der Waals surface area (Å²) < 4.78 is 6.65. The first-order valence-corrected chi connectivity index (χ1v) is 12.0. The molecule has 6 nitrogen and oxygen atoms in total. The van der Waals surface area contributed by atoms with Crippen molar-refractivity contribution in [3.8, 4) is 11.8 Å². The van der Waals surface area contributed by atoms with Crippen molar-refractivity contribution in [3.05, 3.63) is 50.2 Å². The number of ether oxygens (including phenoxy) is 1. The van der Waals surface area contributed by atoms with Gasteiger partial charge in [0.05, 0.1) is 18.3 Å². The lowest BCUT2D eigenvalue weighted by Crippen LogP contribution is -2.36. The zero-order chi connectivity index (χ0) is 22.4. The zero-order valence-electron chi connectivity index (χ0n) is 18.2. The van der Waals surface area contributed by atoms with Gasteiger partial charge in [-0.2, -0.15) is 0 Å². The first-order valence-electron chi connectivity index (χ1n) is 10.9. The summed E-state index contributed by atoms with van der Waals surface area (Å²) >= 11 is 2.34. The molecule has 0 radical (unpaired) electrons. The molecule has 5 rings (SSSR count). The molecule has 1 saturated heterocycles. The molecule has 2 aliphatic heterocycles. The van der Waals surface area contributed by atoms with E-state index in [1.165, 1.54) is 3.57 Å². The maximum Gasteiger partial charge on any atom is 0.308 e. The molecule has 7 heteroatoms. The molecule has 164 valence electrons. The molecule has 2 fully saturated rings. The molecule has 3 heterocycles. The lowest BCUT2D eigenvalue weighted by Gasteiger charge is -2.24. The number of hydrogen-bond donors (Lipinski definition) is 0. The smallest absolute Gasteiger partial charge is 0.308 e. The third-order valence-electron chi connectivity index (χ3n) is 6.34. The van der Waals surface area contributed by atoms with Crippen LogP contribution in [0.25, 0.3) is 0 Å². The summed E-state index contributed by atoms with van der Waals surface area (Å²) in [4.78, 5) is 34.5. The first kappa shape index (κ1) is 21.4. The lowest BCUT2D eigenvalue weighted by molar-refractivity contribution is -0.112. The summed E-state index contributed by atoms with van der Waals surface area (Å²) in [7, 11) is 0. The van der Waals surface area contributed by atoms with E-state index in [0.717, 1.165) is 41.6 Å². The van der Waals surface area contributed by atoms with Crippen molar-refractivity contribution >= 4 is 45.9 Å². The molecule has 0 N–H and O–H groups in total. The molecule has 0 spiro atoms. The van der Waals surface area contributed by atoms with Gasteiger partial charge in [-0.25, -0.2) is 4.98 Å². The van der Waals surface area contributed by atoms with Crippen LogP contribution in [0.2, 0.25) is 0 Å². The van der Waals surface area contributed by atoms with E-state index in [0.29, 0.717) is 37.2 Å². The van der Waals surface area contributed by atoms with Crippen LogP contribution >= 0.6 is 22.6 Å². The Hall–Kier alpha value is -2.44. The number of hydrogen-bond acceptors (Lipinski definition) is 4. The van der Waals surface area contributed by atoms with E-state index in [1.54, 1.807) is 11.8 Å². The summed E-state index contributed by atoms with van der Waals surface area (Å²) in [6, 6.07) is 8.05. The largest absolute Gasteiger partial charge is 0.379 e. The van der Waals surface area contributed by atoms with Gasteiger partial charge in [0.15, 0.2) is 0 Å². The van der Waals surface area contributed by atoms with Gasteiger partial charge in [0.2, 0.25) is 0 Å². The van der Waals surface area contributed by atoms with Crippen molar-refractivity contribution in [2.75, 3.05) is 18.1 Å². The molecule has 2 aromatic rings. The molecule has 1 atom stereocenters. The summed E-state index contributed by atoms with van der Waals surface area (Å²) in [6.07, 6.45) is 3.07. The normalized spacial score (nSPS) is 19.5. The van der Waals surface area contributed by atoms with E-state index in [4.69, 9.17) is 9.72 Å². The van der Waals surface area contributed by atoms with Gasteiger partial charge in [0.1, 0.15) is 11.5 Å². The maximum atomic E-state index is 13.2. The number of pyridine rings is 1. The Kier molecular flexibility index (Phi) is 5.68. The van der Waals surface area contributed by atoms with Crippen molar-refractivity contribution in [3.63, 3.8) is 0 Å². The third kappa shape index (κ3) is 3.80. The number of aryl methyl sites for hydroxylation is 1. The fraction of sp³-hybridized carbons (Fsp3) is 0.400. The topological polar surface area (TPSA) is 62.7 Å². The fourth-order valence-electron chi connectivity index (χ4n) is 4.47. The molecular formula is C25H24IN3O3. The van der Waals surface area contributed by atoms with Gasteiger partial charge >= 0.3 is 5.91 Å². The lowest BCUT2D eigenvalue weighted by atomic mass is 10.0. The highest BCUT2D eigenvalue weighted by Crippen LogP contribution is 2.46. The second-order valence-corrected chi connectivity index (χ2v) is 9.74. The number of rotatable bonds is 4. The van der Waals surface area contributed by atoms with Crippen LogP contribution in [0.3, 0.4) is 0 Å². The number of benzene rings is 1. The van der Waals surface area contributed by atoms with Crippen LogP contribution < -0.4 is 4.90 Å². The minimum atomic E-state index is -0.339. The van der Waals surface area contributed by atoms with Crippen molar-refractivity contribution in [1.29, 1.82) is 0 Å². The van der Waals surface area contributed by atoms with Crippen LogP contribution in [0.15, 0.2) is 24.3 Å². The van der Waals surface area contributed by atoms with Crippen molar-refractivity contribution in [1.82, 2.24) is 9.88 Å². The van der Waals surface area contributed by atoms with Gasteiger partial charge < -0.3 is 9.64 Å². The Morgan fingerprint density at radius 1 is 1.28 bits per heavy atom. The first-order chi connectivity index (χ1) is 15.5. The number of aromatic nitrogens is 1. The molecule has 0 bridgehead atoms. The van der Waals surface area contributed by atoms with E-state index in [9.17, 15) is 9.59 Å². The highest BCUT2D eigenvalue weighted by molar-refractivity contribution is 14.1. The van der Waals surface area contributed by atoms with Crippen LogP contribution in [-0.4, -0.2) is 41.0 Å². The second kappa shape index (κ2) is 8.49. The Balaban J connectivity index is 1.58. The molecule has 2 amide bonds. The van der Waals surface area contributed by atoms with Crippen molar-refractivity contribution < 1.29 is 14.3 Å². The van der Waals surface area contributed by atoms with E-state index in [1.807, 2.05) is 30.0 Å². The van der Waals surface area contributed by atoms with Crippen molar-refractivity contribution in [2.24, 2.45) is 0 Å². The maximum absolute atomic E-state index is 13.2. The van der Waals surface area contributed by atoms with E-state index in [2.05, 4.69) is 40.5 Å². The van der Waals surface area contributed by atoms with Gasteiger partial charge in [-0.05, 0) is 96.9 Å². The standard InChI is InChI=1S/C25H24IN3O3/c1-3-4-23(30)29(21-11-15(2)20(26)12-19(21)16-5-6-16)22-8-7-17-13-28(18-9-10-32-14-18)25(31)24(17)27-22/h7-8,11-12,16,18H,5-6,9-10,13-14H2,1-2H3/t18-/m1/s1. The summed E-state index contributed by atoms with van der Waals surface area (Å²) in [6.45, 7) is 5.47. The highest BCUT2D eigenvalue weighted by atomic mass is 127. The average Bonchev–Trinajstić information content (AvgIpc) is 3.37. The Morgan fingerprint density at radius 2 is 2.09 bits per heavy atom. The summed E-state index contributed by atoms with van der Waals surface area (Å²) in [5.74, 6) is 5.86. The average molecular weight is 541 g/mol. The number of carbonyl (C=O) groups excluding carboxylic acids is 2. The van der Waals surface area contributed by atoms with Gasteiger partial charge in [-0.3, -0.25) is 14.5 Å². The van der Waals surface area contributed by atoms with Crippen LogP contribution in [0.4, 0.5) is 11.5 Å². The fourth-order valence-corrected chi connectivity index (χ4v) is 4.96. The predicted molar refractivity (Wildman–Crippen MR) is 130 cm³/mol. The quantitative estimate of drug-likeness (QED) is 0.428. The number of carbonyl (C=O) groups is 2. The molecule has 1 saturated carbocycles. The Morgan fingerprint density at radius 3 is 2.78 bits per heavy atom. The van der Waals surface area contributed by atoms with Crippen LogP contribution in [0.1, 0.15) is 59.3 Å². The van der Waals surface area contributed by atoms with E-state index in [-0.39, 0.29) is 17.9 Å². The third-order valence-corrected chi connectivity index (χ3v) is 7.51. The highest BCUT2D eigenvalue weighted by Gasteiger charge is 2.37. The van der Waals surface area contributed by atoms with Gasteiger partial charge in [-0.15, -0.1) is 0 Å². The number of amides is 2. The minimum absolute atomic E-state index is 0.0872. The summed E-state index contributed by atoms with van der Waals surface area (Å²) in [5.41, 5.74) is 4.37. The van der Waals surface area contributed by atoms with Crippen LogP contribution in [-0.2, 0) is 16.1 Å². The van der Waals surface area contributed by atoms with E-state index < -0.39 is 0 Å². The van der Waals surface area contributed by atoms with Crippen LogP contribution in [0.5, 0.6) is 0 Å². The molecule has 0 unspecified atom stereocenters. The number of halogens is 1. The SMILES string of the molecule is CC#CC(=O)N(c1ccc2c(n1)C(=O)N([C@@H]1CCOC1)C2)c1cc(C)c(I)cc1C1CC1. The van der Waals surface area contributed by atoms with Gasteiger partial charge in [0, 0.05) is 22.3 Å². The number of fused-ring (bicyclic) bond motifs is 1. The number of anilines is 2. The molecule has 3 aliphatic rings. The van der Waals surface area contributed by atoms with Gasteiger partial charge in [0.25, 0.3) is 5.91 Å². The Labute approximate surface area is 201 Å². The van der Waals surface area contributed by atoms with Crippen molar-refractivity contribution in [2.45, 2.75) is 51.6 Å². The van der Waals surface area contributed by atoms with E-state index >= 15 is 0 Å². The molecule has 1 aliphatic carbocycles. The zero-order valence-corrected chi connectivity index (χ0v) is 20.3. The predicted octanol–water partition coefficient (Wildman–Crippen LogP) is 4.30. The van der Waals surface area contributed by atoms with Crippen LogP contribution in [0, 0.1) is 22.3 Å². The molecule has 1 aromatic heterocycles. The molecular weight excluding hydrogens is 517 g/mol. The summed E-state index contributed by atoms with van der Waals surface area (Å²) in [5, 5.41) is 0. The molecule has 32 heavy (non-hydrogen) atoms. The minimum Gasteiger partial charge on any atom is -0.379 e. The monoisotopic (exact) mass is 541 g/mol. The van der Waals surface area contributed by atoms with Gasteiger partial charge in [-0.1, -0.05) is 12.0 Å². The number of nitrogens with zero attached hydrogens (tertiary/aromatic N) is 3.